The van der Waals surface area contributed by atoms with Crippen LogP contribution in [0.25, 0.3) is 0 Å². The number of aliphatic imine (C=N–C) groups is 2. The second-order valence-corrected chi connectivity index (χ2v) is 6.97. The molecule has 5 N–H and O–H groups in total. The SMILES string of the molecule is CNC(=O)OC1CCC2(CC1)N=C(N)NC(Nc1cccc(Br)c1)=N2. The van der Waals surface area contributed by atoms with Gasteiger partial charge in [0.2, 0.25) is 5.96 Å². The van der Waals surface area contributed by atoms with E-state index in [0.717, 1.165) is 10.2 Å². The van der Waals surface area contributed by atoms with Gasteiger partial charge in [0.05, 0.1) is 0 Å². The molecular formula is C16H21BrN6O2. The highest BCUT2D eigenvalue weighted by atomic mass is 79.9. The molecule has 1 aliphatic heterocycles. The Kier molecular flexibility index (Phi) is 5.12. The molecule has 1 aromatic carbocycles. The minimum absolute atomic E-state index is 0.117. The Balaban J connectivity index is 1.69. The van der Waals surface area contributed by atoms with Crippen LogP contribution >= 0.6 is 15.9 Å². The van der Waals surface area contributed by atoms with E-state index in [4.69, 9.17) is 15.5 Å². The van der Waals surface area contributed by atoms with Gasteiger partial charge in [-0.05, 0) is 43.9 Å². The molecule has 25 heavy (non-hydrogen) atoms. The van der Waals surface area contributed by atoms with Crippen molar-refractivity contribution in [2.24, 2.45) is 15.7 Å². The molecule has 1 heterocycles. The molecule has 0 radical (unpaired) electrons. The molecule has 0 unspecified atom stereocenters. The van der Waals surface area contributed by atoms with Crippen molar-refractivity contribution in [3.05, 3.63) is 28.7 Å². The van der Waals surface area contributed by atoms with Gasteiger partial charge in [0.25, 0.3) is 0 Å². The Morgan fingerprint density at radius 3 is 2.84 bits per heavy atom. The van der Waals surface area contributed by atoms with E-state index in [1.54, 1.807) is 7.05 Å². The number of guanidine groups is 2. The van der Waals surface area contributed by atoms with Crippen molar-refractivity contribution < 1.29 is 9.53 Å². The van der Waals surface area contributed by atoms with Crippen LogP contribution in [0.3, 0.4) is 0 Å². The number of rotatable bonds is 2. The number of nitrogens with two attached hydrogens (primary N) is 1. The van der Waals surface area contributed by atoms with Gasteiger partial charge in [-0.25, -0.2) is 14.8 Å². The molecule has 1 aromatic rings. The number of ether oxygens (including phenoxy) is 1. The molecule has 134 valence electrons. The summed E-state index contributed by atoms with van der Waals surface area (Å²) in [6.07, 6.45) is 2.19. The van der Waals surface area contributed by atoms with E-state index in [-0.39, 0.29) is 6.10 Å². The van der Waals surface area contributed by atoms with Crippen LogP contribution in [-0.2, 0) is 4.74 Å². The number of alkyl carbamates (subject to hydrolysis) is 1. The lowest BCUT2D eigenvalue weighted by Crippen LogP contribution is -2.50. The average molecular weight is 409 g/mol. The van der Waals surface area contributed by atoms with Gasteiger partial charge in [0.15, 0.2) is 11.6 Å². The summed E-state index contributed by atoms with van der Waals surface area (Å²) < 4.78 is 6.29. The van der Waals surface area contributed by atoms with E-state index in [1.807, 2.05) is 24.3 Å². The molecule has 1 spiro atoms. The van der Waals surface area contributed by atoms with Crippen LogP contribution in [0.2, 0.25) is 0 Å². The summed E-state index contributed by atoms with van der Waals surface area (Å²) in [5.41, 5.74) is 6.25. The Morgan fingerprint density at radius 2 is 2.16 bits per heavy atom. The molecule has 1 amide bonds. The highest BCUT2D eigenvalue weighted by molar-refractivity contribution is 9.10. The van der Waals surface area contributed by atoms with E-state index < -0.39 is 11.8 Å². The Hall–Kier alpha value is -2.29. The number of halogens is 1. The van der Waals surface area contributed by atoms with Crippen molar-refractivity contribution in [2.75, 3.05) is 12.4 Å². The van der Waals surface area contributed by atoms with Crippen molar-refractivity contribution in [1.29, 1.82) is 0 Å². The van der Waals surface area contributed by atoms with Crippen LogP contribution in [0.5, 0.6) is 0 Å². The van der Waals surface area contributed by atoms with Crippen molar-refractivity contribution in [2.45, 2.75) is 37.5 Å². The minimum atomic E-state index is -0.605. The number of nitrogens with one attached hydrogen (secondary N) is 3. The second-order valence-electron chi connectivity index (χ2n) is 6.05. The molecule has 1 aliphatic carbocycles. The molecular weight excluding hydrogens is 388 g/mol. The van der Waals surface area contributed by atoms with E-state index >= 15 is 0 Å². The van der Waals surface area contributed by atoms with Crippen LogP contribution in [0.4, 0.5) is 10.5 Å². The van der Waals surface area contributed by atoms with Gasteiger partial charge in [-0.15, -0.1) is 0 Å². The molecule has 2 aliphatic rings. The molecule has 0 saturated heterocycles. The van der Waals surface area contributed by atoms with E-state index in [9.17, 15) is 4.79 Å². The second kappa shape index (κ2) is 7.30. The fraction of sp³-hybridized carbons (Fsp3) is 0.438. The number of hydrogen-bond acceptors (Lipinski definition) is 7. The fourth-order valence-corrected chi connectivity index (χ4v) is 3.40. The molecule has 0 aromatic heterocycles. The van der Waals surface area contributed by atoms with Gasteiger partial charge < -0.3 is 21.1 Å². The predicted molar refractivity (Wildman–Crippen MR) is 100 cm³/mol. The number of benzene rings is 1. The summed E-state index contributed by atoms with van der Waals surface area (Å²) in [6.45, 7) is 0. The zero-order chi connectivity index (χ0) is 17.9. The average Bonchev–Trinajstić information content (AvgIpc) is 2.56. The highest BCUT2D eigenvalue weighted by Crippen LogP contribution is 2.35. The minimum Gasteiger partial charge on any atom is -0.446 e. The van der Waals surface area contributed by atoms with Crippen molar-refractivity contribution >= 4 is 39.6 Å². The summed E-state index contributed by atoms with van der Waals surface area (Å²) in [5, 5.41) is 8.66. The maximum Gasteiger partial charge on any atom is 0.407 e. The lowest BCUT2D eigenvalue weighted by molar-refractivity contribution is 0.0611. The first kappa shape index (κ1) is 17.5. The zero-order valence-electron chi connectivity index (χ0n) is 13.9. The van der Waals surface area contributed by atoms with Gasteiger partial charge in [0.1, 0.15) is 6.10 Å². The number of hydrogen-bond donors (Lipinski definition) is 4. The van der Waals surface area contributed by atoms with Crippen LogP contribution < -0.4 is 21.7 Å². The summed E-state index contributed by atoms with van der Waals surface area (Å²) >= 11 is 3.45. The Bertz CT molecular complexity index is 712. The topological polar surface area (TPSA) is 113 Å². The first-order valence-electron chi connectivity index (χ1n) is 8.11. The van der Waals surface area contributed by atoms with Gasteiger partial charge in [-0.1, -0.05) is 22.0 Å². The summed E-state index contributed by atoms with van der Waals surface area (Å²) in [4.78, 5) is 20.6. The number of nitrogens with zero attached hydrogens (tertiary/aromatic N) is 2. The van der Waals surface area contributed by atoms with Crippen molar-refractivity contribution in [3.8, 4) is 0 Å². The molecule has 8 nitrogen and oxygen atoms in total. The largest absolute Gasteiger partial charge is 0.446 e. The number of carbonyl (C=O) groups excluding carboxylic acids is 1. The first-order chi connectivity index (χ1) is 12.0. The van der Waals surface area contributed by atoms with Crippen LogP contribution in [0, 0.1) is 0 Å². The predicted octanol–water partition coefficient (Wildman–Crippen LogP) is 2.13. The zero-order valence-corrected chi connectivity index (χ0v) is 15.5. The van der Waals surface area contributed by atoms with Crippen LogP contribution in [0.15, 0.2) is 38.7 Å². The van der Waals surface area contributed by atoms with Crippen molar-refractivity contribution in [1.82, 2.24) is 10.6 Å². The molecule has 9 heteroatoms. The molecule has 1 fully saturated rings. The summed E-state index contributed by atoms with van der Waals surface area (Å²) in [6, 6.07) is 7.78. The smallest absolute Gasteiger partial charge is 0.407 e. The third kappa shape index (κ3) is 4.41. The maximum absolute atomic E-state index is 11.4. The first-order valence-corrected chi connectivity index (χ1v) is 8.90. The van der Waals surface area contributed by atoms with Gasteiger partial charge >= 0.3 is 6.09 Å². The van der Waals surface area contributed by atoms with Gasteiger partial charge in [0, 0.05) is 17.2 Å². The van der Waals surface area contributed by atoms with Gasteiger partial charge in [-0.2, -0.15) is 0 Å². The number of carbonyl (C=O) groups is 1. The number of amides is 1. The summed E-state index contributed by atoms with van der Waals surface area (Å²) in [7, 11) is 1.55. The standard InChI is InChI=1S/C16H21BrN6O2/c1-19-15(24)25-12-5-7-16(8-6-12)22-13(18)21-14(23-16)20-11-4-2-3-10(17)9-11/h2-4,9,12H,5-8H2,1H3,(H,19,24)(H4,18,20,21,22,23). The van der Waals surface area contributed by atoms with Crippen molar-refractivity contribution in [3.63, 3.8) is 0 Å². The number of anilines is 1. The van der Waals surface area contributed by atoms with Crippen LogP contribution in [0.1, 0.15) is 25.7 Å². The van der Waals surface area contributed by atoms with E-state index in [2.05, 4.69) is 36.9 Å². The van der Waals surface area contributed by atoms with Crippen LogP contribution in [-0.4, -0.2) is 36.8 Å². The maximum atomic E-state index is 11.4. The lowest BCUT2D eigenvalue weighted by atomic mass is 9.87. The summed E-state index contributed by atoms with van der Waals surface area (Å²) in [5.74, 6) is 0.898. The lowest BCUT2D eigenvalue weighted by Gasteiger charge is -2.36. The monoisotopic (exact) mass is 408 g/mol. The normalized spacial score (nSPS) is 25.4. The fourth-order valence-electron chi connectivity index (χ4n) is 3.00. The highest BCUT2D eigenvalue weighted by Gasteiger charge is 2.38. The quantitative estimate of drug-likeness (QED) is 0.598. The van der Waals surface area contributed by atoms with E-state index in [1.165, 1.54) is 0 Å². The third-order valence-corrected chi connectivity index (χ3v) is 4.69. The molecule has 1 saturated carbocycles. The molecule has 0 atom stereocenters. The Labute approximate surface area is 154 Å². The molecule has 3 rings (SSSR count). The molecule has 0 bridgehead atoms. The Morgan fingerprint density at radius 1 is 1.40 bits per heavy atom. The van der Waals surface area contributed by atoms with E-state index in [0.29, 0.717) is 37.6 Å². The van der Waals surface area contributed by atoms with Gasteiger partial charge in [-0.3, -0.25) is 5.32 Å². The third-order valence-electron chi connectivity index (χ3n) is 4.19.